The summed E-state index contributed by atoms with van der Waals surface area (Å²) in [6, 6.07) is 5.50. The van der Waals surface area contributed by atoms with E-state index in [0.717, 1.165) is 37.2 Å². The fourth-order valence-corrected chi connectivity index (χ4v) is 3.60. The maximum atomic E-state index is 11.3. The van der Waals surface area contributed by atoms with E-state index in [-0.39, 0.29) is 16.2 Å². The number of nitro groups is 1. The summed E-state index contributed by atoms with van der Waals surface area (Å²) >= 11 is 0. The maximum absolute atomic E-state index is 11.3. The molecule has 1 spiro atoms. The first kappa shape index (κ1) is 14.3. The lowest BCUT2D eigenvalue weighted by molar-refractivity contribution is -0.384. The second kappa shape index (κ2) is 5.64. The second-order valence-electron chi connectivity index (χ2n) is 6.26. The van der Waals surface area contributed by atoms with Crippen molar-refractivity contribution in [3.63, 3.8) is 0 Å². The van der Waals surface area contributed by atoms with Crippen LogP contribution in [0.5, 0.6) is 0 Å². The van der Waals surface area contributed by atoms with Crippen LogP contribution in [0.2, 0.25) is 0 Å². The molecule has 2 aliphatic rings. The van der Waals surface area contributed by atoms with Crippen LogP contribution in [0.3, 0.4) is 0 Å². The maximum Gasteiger partial charge on any atom is 0.292 e. The number of nitro benzene ring substituents is 1. The van der Waals surface area contributed by atoms with Crippen LogP contribution in [0, 0.1) is 17.0 Å². The standard InChI is InChI=1S/C16H22N2O3/c1-13-5-6-14(15(11-13)18(19)20)17-9-10-21-16(12-17)7-3-2-4-8-16/h5-6,11H,2-4,7-10,12H2,1H3. The van der Waals surface area contributed by atoms with E-state index < -0.39 is 0 Å². The van der Waals surface area contributed by atoms with Gasteiger partial charge in [0.05, 0.1) is 17.1 Å². The Labute approximate surface area is 125 Å². The van der Waals surface area contributed by atoms with Crippen LogP contribution >= 0.6 is 0 Å². The van der Waals surface area contributed by atoms with Gasteiger partial charge in [-0.25, -0.2) is 0 Å². The minimum atomic E-state index is -0.272. The normalized spacial score (nSPS) is 21.5. The van der Waals surface area contributed by atoms with E-state index in [4.69, 9.17) is 4.74 Å². The van der Waals surface area contributed by atoms with E-state index in [1.807, 2.05) is 19.1 Å². The molecule has 2 fully saturated rings. The summed E-state index contributed by atoms with van der Waals surface area (Å²) in [5.41, 5.74) is 1.78. The molecule has 1 aromatic carbocycles. The summed E-state index contributed by atoms with van der Waals surface area (Å²) in [5, 5.41) is 11.3. The molecular formula is C16H22N2O3. The SMILES string of the molecule is Cc1ccc(N2CCOC3(CCCCC3)C2)c([N+](=O)[O-])c1. The summed E-state index contributed by atoms with van der Waals surface area (Å²) in [4.78, 5) is 13.2. The number of hydrogen-bond donors (Lipinski definition) is 0. The summed E-state index contributed by atoms with van der Waals surface area (Å²) in [7, 11) is 0. The highest BCUT2D eigenvalue weighted by molar-refractivity contribution is 5.64. The van der Waals surface area contributed by atoms with Crippen molar-refractivity contribution in [3.8, 4) is 0 Å². The highest BCUT2D eigenvalue weighted by atomic mass is 16.6. The molecular weight excluding hydrogens is 268 g/mol. The van der Waals surface area contributed by atoms with E-state index in [0.29, 0.717) is 6.61 Å². The number of morpholine rings is 1. The summed E-state index contributed by atoms with van der Waals surface area (Å²) in [6.07, 6.45) is 5.82. The molecule has 5 heteroatoms. The lowest BCUT2D eigenvalue weighted by atomic mass is 9.83. The Balaban J connectivity index is 1.88. The zero-order chi connectivity index (χ0) is 14.9. The van der Waals surface area contributed by atoms with Crippen LogP contribution in [0.15, 0.2) is 18.2 Å². The molecule has 1 saturated carbocycles. The summed E-state index contributed by atoms with van der Waals surface area (Å²) in [6.45, 7) is 4.05. The van der Waals surface area contributed by atoms with E-state index in [2.05, 4.69) is 4.90 Å². The van der Waals surface area contributed by atoms with Gasteiger partial charge in [0.1, 0.15) is 5.69 Å². The molecule has 0 amide bonds. The van der Waals surface area contributed by atoms with Crippen LogP contribution in [-0.4, -0.2) is 30.2 Å². The van der Waals surface area contributed by atoms with Crippen molar-refractivity contribution in [1.82, 2.24) is 0 Å². The molecule has 0 radical (unpaired) electrons. The first-order chi connectivity index (χ1) is 10.1. The number of aryl methyl sites for hydroxylation is 1. The molecule has 0 bridgehead atoms. The topological polar surface area (TPSA) is 55.6 Å². The first-order valence-electron chi connectivity index (χ1n) is 7.74. The van der Waals surface area contributed by atoms with Gasteiger partial charge in [0.2, 0.25) is 0 Å². The average Bonchev–Trinajstić information content (AvgIpc) is 2.48. The molecule has 0 atom stereocenters. The van der Waals surface area contributed by atoms with Crippen molar-refractivity contribution in [1.29, 1.82) is 0 Å². The lowest BCUT2D eigenvalue weighted by Gasteiger charge is -2.45. The minimum absolute atomic E-state index is 0.0880. The molecule has 1 saturated heterocycles. The zero-order valence-electron chi connectivity index (χ0n) is 12.5. The van der Waals surface area contributed by atoms with E-state index >= 15 is 0 Å². The van der Waals surface area contributed by atoms with E-state index in [1.54, 1.807) is 6.07 Å². The molecule has 3 rings (SSSR count). The van der Waals surface area contributed by atoms with Gasteiger partial charge in [-0.05, 0) is 31.4 Å². The zero-order valence-corrected chi connectivity index (χ0v) is 12.5. The molecule has 0 aromatic heterocycles. The van der Waals surface area contributed by atoms with Gasteiger partial charge in [0.25, 0.3) is 5.69 Å². The third kappa shape index (κ3) is 2.88. The van der Waals surface area contributed by atoms with Crippen LogP contribution in [0.1, 0.15) is 37.7 Å². The largest absolute Gasteiger partial charge is 0.371 e. The minimum Gasteiger partial charge on any atom is -0.371 e. The molecule has 0 unspecified atom stereocenters. The molecule has 0 N–H and O–H groups in total. The fourth-order valence-electron chi connectivity index (χ4n) is 3.60. The Morgan fingerprint density at radius 2 is 2.05 bits per heavy atom. The molecule has 21 heavy (non-hydrogen) atoms. The Morgan fingerprint density at radius 1 is 1.29 bits per heavy atom. The lowest BCUT2D eigenvalue weighted by Crippen LogP contribution is -2.53. The summed E-state index contributed by atoms with van der Waals surface area (Å²) in [5.74, 6) is 0. The number of benzene rings is 1. The van der Waals surface area contributed by atoms with Crippen molar-refractivity contribution in [2.75, 3.05) is 24.6 Å². The summed E-state index contributed by atoms with van der Waals surface area (Å²) < 4.78 is 6.07. The fraction of sp³-hybridized carbons (Fsp3) is 0.625. The van der Waals surface area contributed by atoms with Crippen molar-refractivity contribution in [2.24, 2.45) is 0 Å². The van der Waals surface area contributed by atoms with Gasteiger partial charge in [-0.3, -0.25) is 10.1 Å². The highest BCUT2D eigenvalue weighted by Crippen LogP contribution is 2.38. The van der Waals surface area contributed by atoms with Crippen molar-refractivity contribution < 1.29 is 9.66 Å². The first-order valence-corrected chi connectivity index (χ1v) is 7.74. The monoisotopic (exact) mass is 290 g/mol. The van der Waals surface area contributed by atoms with Crippen LogP contribution in [-0.2, 0) is 4.74 Å². The van der Waals surface area contributed by atoms with Gasteiger partial charge in [0.15, 0.2) is 0 Å². The van der Waals surface area contributed by atoms with Crippen LogP contribution in [0.4, 0.5) is 11.4 Å². The number of hydrogen-bond acceptors (Lipinski definition) is 4. The van der Waals surface area contributed by atoms with Gasteiger partial charge < -0.3 is 9.64 Å². The number of anilines is 1. The van der Waals surface area contributed by atoms with Crippen molar-refractivity contribution >= 4 is 11.4 Å². The Hall–Kier alpha value is -1.62. The molecule has 1 aliphatic carbocycles. The smallest absolute Gasteiger partial charge is 0.292 e. The Morgan fingerprint density at radius 3 is 2.76 bits per heavy atom. The van der Waals surface area contributed by atoms with Gasteiger partial charge >= 0.3 is 0 Å². The number of nitrogens with zero attached hydrogens (tertiary/aromatic N) is 2. The van der Waals surface area contributed by atoms with Gasteiger partial charge in [-0.2, -0.15) is 0 Å². The van der Waals surface area contributed by atoms with Crippen LogP contribution in [0.25, 0.3) is 0 Å². The average molecular weight is 290 g/mol. The predicted octanol–water partition coefficient (Wildman–Crippen LogP) is 3.44. The third-order valence-corrected chi connectivity index (χ3v) is 4.68. The second-order valence-corrected chi connectivity index (χ2v) is 6.26. The molecule has 1 heterocycles. The highest BCUT2D eigenvalue weighted by Gasteiger charge is 2.39. The van der Waals surface area contributed by atoms with Crippen molar-refractivity contribution in [3.05, 3.63) is 33.9 Å². The van der Waals surface area contributed by atoms with Gasteiger partial charge in [-0.1, -0.05) is 25.3 Å². The van der Waals surface area contributed by atoms with E-state index in [9.17, 15) is 10.1 Å². The quantitative estimate of drug-likeness (QED) is 0.618. The third-order valence-electron chi connectivity index (χ3n) is 4.68. The molecule has 1 aliphatic heterocycles. The number of rotatable bonds is 2. The molecule has 114 valence electrons. The van der Waals surface area contributed by atoms with E-state index in [1.165, 1.54) is 19.3 Å². The van der Waals surface area contributed by atoms with Crippen molar-refractivity contribution in [2.45, 2.75) is 44.6 Å². The van der Waals surface area contributed by atoms with Gasteiger partial charge in [0, 0.05) is 19.2 Å². The Bertz CT molecular complexity index is 533. The number of ether oxygens (including phenoxy) is 1. The molecule has 1 aromatic rings. The van der Waals surface area contributed by atoms with Crippen LogP contribution < -0.4 is 4.90 Å². The van der Waals surface area contributed by atoms with Gasteiger partial charge in [-0.15, -0.1) is 0 Å². The molecule has 5 nitrogen and oxygen atoms in total. The predicted molar refractivity (Wildman–Crippen MR) is 81.8 cm³/mol. The Kier molecular flexibility index (Phi) is 3.85.